The van der Waals surface area contributed by atoms with E-state index in [1.807, 2.05) is 0 Å². The zero-order chi connectivity index (χ0) is 14.0. The van der Waals surface area contributed by atoms with Gasteiger partial charge >= 0.3 is 0 Å². The zero-order valence-electron chi connectivity index (χ0n) is 10.4. The molecule has 1 aromatic heterocycles. The predicted octanol–water partition coefficient (Wildman–Crippen LogP) is 0.770. The highest BCUT2D eigenvalue weighted by Crippen LogP contribution is 2.25. The number of amides is 1. The van der Waals surface area contributed by atoms with E-state index in [4.69, 9.17) is 5.73 Å². The number of nitrogens with one attached hydrogen (secondary N) is 1. The van der Waals surface area contributed by atoms with Crippen LogP contribution in [0.25, 0.3) is 0 Å². The van der Waals surface area contributed by atoms with Crippen LogP contribution >= 0.6 is 39.7 Å². The van der Waals surface area contributed by atoms with Gasteiger partial charge in [0.05, 0.1) is 10.3 Å². The Balaban J connectivity index is 0.00000200. The van der Waals surface area contributed by atoms with E-state index >= 15 is 0 Å². The second-order valence-corrected chi connectivity index (χ2v) is 8.73. The lowest BCUT2D eigenvalue weighted by molar-refractivity contribution is -0.128. The molecule has 0 radical (unpaired) electrons. The first-order chi connectivity index (χ1) is 8.88. The molecule has 1 saturated heterocycles. The summed E-state index contributed by atoms with van der Waals surface area (Å²) >= 11 is 4.30. The fourth-order valence-electron chi connectivity index (χ4n) is 1.80. The molecule has 1 amide bonds. The lowest BCUT2D eigenvalue weighted by atomic mass is 10.3. The van der Waals surface area contributed by atoms with Gasteiger partial charge in [-0.1, -0.05) is 0 Å². The second-order valence-electron chi connectivity index (χ2n) is 4.27. The van der Waals surface area contributed by atoms with E-state index in [0.29, 0.717) is 13.1 Å². The van der Waals surface area contributed by atoms with Crippen molar-refractivity contribution in [2.45, 2.75) is 16.7 Å². The van der Waals surface area contributed by atoms with Crippen LogP contribution in [0, 0.1) is 0 Å². The molecule has 0 saturated carbocycles. The van der Waals surface area contributed by atoms with Crippen molar-refractivity contribution < 1.29 is 13.2 Å². The smallest absolute Gasteiger partial charge is 0.250 e. The van der Waals surface area contributed by atoms with Crippen molar-refractivity contribution in [3.8, 4) is 0 Å². The molecule has 1 aliphatic heterocycles. The molecule has 10 heteroatoms. The molecule has 3 N–H and O–H groups in total. The van der Waals surface area contributed by atoms with E-state index in [1.165, 1.54) is 6.07 Å². The molecule has 1 aliphatic rings. The number of carbonyl (C=O) groups excluding carboxylic acids is 1. The van der Waals surface area contributed by atoms with Crippen LogP contribution in [0.1, 0.15) is 6.42 Å². The summed E-state index contributed by atoms with van der Waals surface area (Å²) in [4.78, 5) is 13.4. The van der Waals surface area contributed by atoms with Crippen molar-refractivity contribution in [3.63, 3.8) is 0 Å². The highest BCUT2D eigenvalue weighted by Gasteiger charge is 2.25. The van der Waals surface area contributed by atoms with Crippen molar-refractivity contribution in [1.29, 1.82) is 0 Å². The molecule has 0 unspecified atom stereocenters. The van der Waals surface area contributed by atoms with Gasteiger partial charge in [-0.05, 0) is 34.5 Å². The van der Waals surface area contributed by atoms with Gasteiger partial charge in [0.15, 0.2) is 0 Å². The van der Waals surface area contributed by atoms with Crippen molar-refractivity contribution in [2.24, 2.45) is 5.73 Å². The zero-order valence-corrected chi connectivity index (χ0v) is 14.4. The van der Waals surface area contributed by atoms with E-state index in [-0.39, 0.29) is 35.1 Å². The highest BCUT2D eigenvalue weighted by atomic mass is 79.9. The number of sulfonamides is 1. The van der Waals surface area contributed by atoms with Crippen LogP contribution in [0.15, 0.2) is 20.1 Å². The maximum atomic E-state index is 11.9. The van der Waals surface area contributed by atoms with E-state index in [2.05, 4.69) is 20.7 Å². The summed E-state index contributed by atoms with van der Waals surface area (Å²) in [6.45, 7) is 0.849. The summed E-state index contributed by atoms with van der Waals surface area (Å²) in [6.07, 6.45) is 0.760. The first kappa shape index (κ1) is 17.9. The Kier molecular flexibility index (Phi) is 6.42. The largest absolute Gasteiger partial charge is 0.340 e. The number of hydrogen-bond donors (Lipinski definition) is 2. The molecule has 2 rings (SSSR count). The third kappa shape index (κ3) is 4.40. The third-order valence-corrected chi connectivity index (χ3v) is 6.32. The number of nitrogens with zero attached hydrogens (tertiary/aromatic N) is 1. The first-order valence-electron chi connectivity index (χ1n) is 5.67. The molecule has 1 aromatic rings. The van der Waals surface area contributed by atoms with Gasteiger partial charge in [-0.15, -0.1) is 23.7 Å². The first-order valence-corrected chi connectivity index (χ1v) is 8.76. The SMILES string of the molecule is Cl.N[C@@H]1CCN(C(=O)CNS(=O)(=O)c2ccc(Br)s2)C1. The second kappa shape index (κ2) is 7.19. The molecular weight excluding hydrogens is 390 g/mol. The van der Waals surface area contributed by atoms with Gasteiger partial charge in [0.2, 0.25) is 5.91 Å². The van der Waals surface area contributed by atoms with Crippen LogP contribution in [0.4, 0.5) is 0 Å². The van der Waals surface area contributed by atoms with Gasteiger partial charge in [0, 0.05) is 19.1 Å². The van der Waals surface area contributed by atoms with Crippen molar-refractivity contribution in [2.75, 3.05) is 19.6 Å². The molecule has 0 bridgehead atoms. The van der Waals surface area contributed by atoms with Gasteiger partial charge in [-0.25, -0.2) is 13.1 Å². The average molecular weight is 405 g/mol. The Morgan fingerprint density at radius 1 is 1.55 bits per heavy atom. The number of nitrogens with two attached hydrogens (primary N) is 1. The van der Waals surface area contributed by atoms with Gasteiger partial charge < -0.3 is 10.6 Å². The number of rotatable bonds is 4. The summed E-state index contributed by atoms with van der Waals surface area (Å²) < 4.78 is 27.0. The average Bonchev–Trinajstić information content (AvgIpc) is 2.95. The van der Waals surface area contributed by atoms with Gasteiger partial charge in [-0.2, -0.15) is 0 Å². The molecule has 0 spiro atoms. The standard InChI is InChI=1S/C10H14BrN3O3S2.ClH/c11-8-1-2-10(18-8)19(16,17)13-5-9(15)14-4-3-7(12)6-14;/h1-2,7,13H,3-6,12H2;1H/t7-;/m1./s1. The topological polar surface area (TPSA) is 92.5 Å². The minimum atomic E-state index is -3.62. The highest BCUT2D eigenvalue weighted by molar-refractivity contribution is 9.11. The molecule has 6 nitrogen and oxygen atoms in total. The molecule has 2 heterocycles. The predicted molar refractivity (Wildman–Crippen MR) is 83.6 cm³/mol. The van der Waals surface area contributed by atoms with E-state index in [0.717, 1.165) is 21.5 Å². The maximum absolute atomic E-state index is 11.9. The molecule has 1 fully saturated rings. The van der Waals surface area contributed by atoms with E-state index < -0.39 is 10.0 Å². The van der Waals surface area contributed by atoms with Crippen molar-refractivity contribution >= 4 is 55.6 Å². The molecule has 1 atom stereocenters. The Morgan fingerprint density at radius 3 is 2.75 bits per heavy atom. The van der Waals surface area contributed by atoms with Crippen LogP contribution in [-0.4, -0.2) is 44.9 Å². The minimum absolute atomic E-state index is 0. The van der Waals surface area contributed by atoms with Crippen LogP contribution < -0.4 is 10.5 Å². The molecule has 20 heavy (non-hydrogen) atoms. The normalized spacial score (nSPS) is 18.9. The maximum Gasteiger partial charge on any atom is 0.250 e. The third-order valence-electron chi connectivity index (χ3n) is 2.80. The van der Waals surface area contributed by atoms with E-state index in [1.54, 1.807) is 11.0 Å². The van der Waals surface area contributed by atoms with Gasteiger partial charge in [0.25, 0.3) is 10.0 Å². The fourth-order valence-corrected chi connectivity index (χ4v) is 4.82. The van der Waals surface area contributed by atoms with Crippen molar-refractivity contribution in [3.05, 3.63) is 15.9 Å². The summed E-state index contributed by atoms with van der Waals surface area (Å²) in [5.74, 6) is -0.243. The lowest BCUT2D eigenvalue weighted by Gasteiger charge is -2.15. The monoisotopic (exact) mass is 403 g/mol. The quantitative estimate of drug-likeness (QED) is 0.775. The molecule has 114 valence electrons. The van der Waals surface area contributed by atoms with Gasteiger partial charge in [0.1, 0.15) is 4.21 Å². The summed E-state index contributed by atoms with van der Waals surface area (Å²) in [6, 6.07) is 3.14. The summed E-state index contributed by atoms with van der Waals surface area (Å²) in [7, 11) is -3.62. The number of carbonyl (C=O) groups is 1. The summed E-state index contributed by atoms with van der Waals surface area (Å²) in [5, 5.41) is 0. The molecule has 0 aromatic carbocycles. The number of halogens is 2. The Labute approximate surface area is 136 Å². The van der Waals surface area contributed by atoms with Crippen LogP contribution in [0.3, 0.4) is 0 Å². The Bertz CT molecular complexity index is 578. The lowest BCUT2D eigenvalue weighted by Crippen LogP contribution is -2.39. The summed E-state index contributed by atoms with van der Waals surface area (Å²) in [5.41, 5.74) is 5.70. The molecular formula is C10H15BrClN3O3S2. The number of thiophene rings is 1. The van der Waals surface area contributed by atoms with Crippen molar-refractivity contribution in [1.82, 2.24) is 9.62 Å². The van der Waals surface area contributed by atoms with Crippen LogP contribution in [0.5, 0.6) is 0 Å². The number of hydrogen-bond acceptors (Lipinski definition) is 5. The van der Waals surface area contributed by atoms with Gasteiger partial charge in [-0.3, -0.25) is 4.79 Å². The van der Waals surface area contributed by atoms with Crippen LogP contribution in [0.2, 0.25) is 0 Å². The molecule has 0 aliphatic carbocycles. The Hall–Kier alpha value is -0.190. The minimum Gasteiger partial charge on any atom is -0.340 e. The number of likely N-dealkylation sites (tertiary alicyclic amines) is 1. The fraction of sp³-hybridized carbons (Fsp3) is 0.500. The van der Waals surface area contributed by atoms with E-state index in [9.17, 15) is 13.2 Å². The Morgan fingerprint density at radius 2 is 2.25 bits per heavy atom. The van der Waals surface area contributed by atoms with Crippen LogP contribution in [-0.2, 0) is 14.8 Å².